The van der Waals surface area contributed by atoms with Crippen molar-refractivity contribution in [3.05, 3.63) is 35.3 Å². The molecule has 0 unspecified atom stereocenters. The molecule has 0 atom stereocenters. The first kappa shape index (κ1) is 12.4. The van der Waals surface area contributed by atoms with E-state index < -0.39 is 0 Å². The Hall–Kier alpha value is -1.59. The van der Waals surface area contributed by atoms with Gasteiger partial charge >= 0.3 is 0 Å². The van der Waals surface area contributed by atoms with Crippen LogP contribution < -0.4 is 15.5 Å². The molecule has 2 heterocycles. The van der Waals surface area contributed by atoms with Crippen molar-refractivity contribution < 1.29 is 0 Å². The molecular formula is C14H18N4S. The Morgan fingerprint density at radius 2 is 1.95 bits per heavy atom. The van der Waals surface area contributed by atoms with Crippen LogP contribution in [0.4, 0.5) is 16.5 Å². The smallest absolute Gasteiger partial charge is 0.187 e. The summed E-state index contributed by atoms with van der Waals surface area (Å²) < 4.78 is 0. The number of benzene rings is 1. The number of aromatic nitrogens is 1. The van der Waals surface area contributed by atoms with Gasteiger partial charge in [-0.2, -0.15) is 0 Å². The van der Waals surface area contributed by atoms with E-state index in [1.165, 1.54) is 5.69 Å². The van der Waals surface area contributed by atoms with Crippen molar-refractivity contribution in [3.63, 3.8) is 0 Å². The molecule has 0 saturated carbocycles. The molecule has 1 aliphatic rings. The Kier molecular flexibility index (Phi) is 3.66. The van der Waals surface area contributed by atoms with E-state index in [1.54, 1.807) is 11.3 Å². The number of nitrogens with zero attached hydrogens (tertiary/aromatic N) is 2. The minimum absolute atomic E-state index is 0.951. The lowest BCUT2D eigenvalue weighted by molar-refractivity contribution is 0.589. The molecule has 19 heavy (non-hydrogen) atoms. The monoisotopic (exact) mass is 274 g/mol. The van der Waals surface area contributed by atoms with Crippen LogP contribution in [0.25, 0.3) is 0 Å². The van der Waals surface area contributed by atoms with Crippen LogP contribution in [0.5, 0.6) is 0 Å². The first-order chi connectivity index (χ1) is 9.31. The molecule has 0 aliphatic carbocycles. The summed E-state index contributed by atoms with van der Waals surface area (Å²) in [5.74, 6) is 0. The summed E-state index contributed by atoms with van der Waals surface area (Å²) in [4.78, 5) is 6.82. The topological polar surface area (TPSA) is 40.2 Å². The zero-order chi connectivity index (χ0) is 13.1. The first-order valence-electron chi connectivity index (χ1n) is 6.56. The average molecular weight is 274 g/mol. The maximum atomic E-state index is 4.41. The molecule has 0 radical (unpaired) electrons. The van der Waals surface area contributed by atoms with Gasteiger partial charge in [-0.05, 0) is 31.2 Å². The fraction of sp³-hybridized carbons (Fsp3) is 0.357. The van der Waals surface area contributed by atoms with E-state index in [9.17, 15) is 0 Å². The van der Waals surface area contributed by atoms with Crippen molar-refractivity contribution in [1.29, 1.82) is 0 Å². The van der Waals surface area contributed by atoms with Gasteiger partial charge in [0, 0.05) is 42.9 Å². The molecule has 2 N–H and O–H groups in total. The van der Waals surface area contributed by atoms with E-state index in [1.807, 2.05) is 6.92 Å². The largest absolute Gasteiger partial charge is 0.369 e. The predicted molar refractivity (Wildman–Crippen MR) is 81.7 cm³/mol. The van der Waals surface area contributed by atoms with Crippen LogP contribution in [0.3, 0.4) is 0 Å². The highest BCUT2D eigenvalue weighted by atomic mass is 32.1. The number of anilines is 3. The number of rotatable bonds is 3. The molecule has 0 amide bonds. The molecule has 0 spiro atoms. The number of piperazine rings is 1. The van der Waals surface area contributed by atoms with Crippen LogP contribution in [0.1, 0.15) is 5.69 Å². The third-order valence-corrected chi connectivity index (χ3v) is 4.10. The highest BCUT2D eigenvalue weighted by Crippen LogP contribution is 2.23. The van der Waals surface area contributed by atoms with Crippen molar-refractivity contribution >= 4 is 27.8 Å². The SMILES string of the molecule is Cc1csc(Nc2ccc(N3CCNCC3)cc2)n1. The summed E-state index contributed by atoms with van der Waals surface area (Å²) in [6.07, 6.45) is 0. The first-order valence-corrected chi connectivity index (χ1v) is 7.44. The second kappa shape index (κ2) is 5.59. The third-order valence-electron chi connectivity index (χ3n) is 3.22. The van der Waals surface area contributed by atoms with Crippen LogP contribution in [-0.4, -0.2) is 31.2 Å². The molecule has 1 aliphatic heterocycles. The van der Waals surface area contributed by atoms with Gasteiger partial charge in [-0.25, -0.2) is 4.98 Å². The van der Waals surface area contributed by atoms with Gasteiger partial charge in [0.05, 0.1) is 5.69 Å². The van der Waals surface area contributed by atoms with Gasteiger partial charge in [0.25, 0.3) is 0 Å². The lowest BCUT2D eigenvalue weighted by Crippen LogP contribution is -2.43. The Morgan fingerprint density at radius 3 is 2.58 bits per heavy atom. The van der Waals surface area contributed by atoms with E-state index in [2.05, 4.69) is 50.2 Å². The molecule has 2 aromatic rings. The molecule has 3 rings (SSSR count). The Morgan fingerprint density at radius 1 is 1.21 bits per heavy atom. The summed E-state index contributed by atoms with van der Waals surface area (Å²) in [6.45, 7) is 6.31. The highest BCUT2D eigenvalue weighted by Gasteiger charge is 2.09. The molecule has 100 valence electrons. The number of hydrogen-bond donors (Lipinski definition) is 2. The highest BCUT2D eigenvalue weighted by molar-refractivity contribution is 7.13. The van der Waals surface area contributed by atoms with Crippen molar-refractivity contribution in [2.24, 2.45) is 0 Å². The van der Waals surface area contributed by atoms with Crippen LogP contribution in [0, 0.1) is 6.92 Å². The van der Waals surface area contributed by atoms with E-state index in [-0.39, 0.29) is 0 Å². The lowest BCUT2D eigenvalue weighted by atomic mass is 10.2. The van der Waals surface area contributed by atoms with Crippen molar-refractivity contribution in [1.82, 2.24) is 10.3 Å². The van der Waals surface area contributed by atoms with Gasteiger partial charge in [-0.3, -0.25) is 0 Å². The Labute approximate surface area is 117 Å². The van der Waals surface area contributed by atoms with Gasteiger partial charge in [-0.1, -0.05) is 0 Å². The van der Waals surface area contributed by atoms with Crippen LogP contribution in [-0.2, 0) is 0 Å². The number of thiazole rings is 1. The van der Waals surface area contributed by atoms with Crippen molar-refractivity contribution in [2.75, 3.05) is 36.4 Å². The normalized spacial score (nSPS) is 15.5. The van der Waals surface area contributed by atoms with Gasteiger partial charge in [0.2, 0.25) is 0 Å². The van der Waals surface area contributed by atoms with E-state index in [0.29, 0.717) is 0 Å². The standard InChI is InChI=1S/C14H18N4S/c1-11-10-19-14(16-11)17-12-2-4-13(5-3-12)18-8-6-15-7-9-18/h2-5,10,15H,6-9H2,1H3,(H,16,17). The van der Waals surface area contributed by atoms with Gasteiger partial charge in [0.1, 0.15) is 0 Å². The molecule has 1 saturated heterocycles. The minimum atomic E-state index is 0.951. The van der Waals surface area contributed by atoms with E-state index in [4.69, 9.17) is 0 Å². The molecule has 1 aromatic heterocycles. The minimum Gasteiger partial charge on any atom is -0.369 e. The fourth-order valence-electron chi connectivity index (χ4n) is 2.21. The molecule has 4 nitrogen and oxygen atoms in total. The van der Waals surface area contributed by atoms with Gasteiger partial charge < -0.3 is 15.5 Å². The fourth-order valence-corrected chi connectivity index (χ4v) is 2.92. The summed E-state index contributed by atoms with van der Waals surface area (Å²) in [5.41, 5.74) is 3.44. The molecule has 0 bridgehead atoms. The predicted octanol–water partition coefficient (Wildman–Crippen LogP) is 2.60. The van der Waals surface area contributed by atoms with Crippen molar-refractivity contribution in [3.8, 4) is 0 Å². The Bertz CT molecular complexity index is 529. The summed E-state index contributed by atoms with van der Waals surface area (Å²) in [7, 11) is 0. The number of nitrogens with one attached hydrogen (secondary N) is 2. The zero-order valence-electron chi connectivity index (χ0n) is 11.0. The second-order valence-electron chi connectivity index (χ2n) is 4.70. The lowest BCUT2D eigenvalue weighted by Gasteiger charge is -2.29. The maximum Gasteiger partial charge on any atom is 0.187 e. The zero-order valence-corrected chi connectivity index (χ0v) is 11.8. The van der Waals surface area contributed by atoms with E-state index >= 15 is 0 Å². The third kappa shape index (κ3) is 3.05. The second-order valence-corrected chi connectivity index (χ2v) is 5.56. The van der Waals surface area contributed by atoms with Gasteiger partial charge in [-0.15, -0.1) is 11.3 Å². The van der Waals surface area contributed by atoms with E-state index in [0.717, 1.165) is 42.7 Å². The molecule has 5 heteroatoms. The Balaban J connectivity index is 1.68. The van der Waals surface area contributed by atoms with Crippen LogP contribution >= 0.6 is 11.3 Å². The maximum absolute atomic E-state index is 4.41. The van der Waals surface area contributed by atoms with Gasteiger partial charge in [0.15, 0.2) is 5.13 Å². The number of aryl methyl sites for hydroxylation is 1. The number of hydrogen-bond acceptors (Lipinski definition) is 5. The average Bonchev–Trinajstić information content (AvgIpc) is 2.86. The molecular weight excluding hydrogens is 256 g/mol. The van der Waals surface area contributed by atoms with Crippen LogP contribution in [0.2, 0.25) is 0 Å². The summed E-state index contributed by atoms with van der Waals surface area (Å²) in [5, 5.41) is 9.71. The summed E-state index contributed by atoms with van der Waals surface area (Å²) in [6, 6.07) is 8.59. The van der Waals surface area contributed by atoms with Crippen LogP contribution in [0.15, 0.2) is 29.6 Å². The summed E-state index contributed by atoms with van der Waals surface area (Å²) >= 11 is 1.64. The molecule has 1 aromatic carbocycles. The molecule has 1 fully saturated rings. The quantitative estimate of drug-likeness (QED) is 0.902. The van der Waals surface area contributed by atoms with Crippen molar-refractivity contribution in [2.45, 2.75) is 6.92 Å².